The van der Waals surface area contributed by atoms with Gasteiger partial charge in [0.05, 0.1) is 24.9 Å². The molecule has 0 aliphatic heterocycles. The van der Waals surface area contributed by atoms with Crippen molar-refractivity contribution in [2.45, 2.75) is 46.6 Å². The molecule has 1 aromatic carbocycles. The average Bonchev–Trinajstić information content (AvgIpc) is 2.84. The summed E-state index contributed by atoms with van der Waals surface area (Å²) in [5.41, 5.74) is 3.16. The summed E-state index contributed by atoms with van der Waals surface area (Å²) in [6.07, 6.45) is 0.123. The van der Waals surface area contributed by atoms with Crippen LogP contribution in [0.3, 0.4) is 0 Å². The predicted octanol–water partition coefficient (Wildman–Crippen LogP) is 3.06. The third kappa shape index (κ3) is 4.07. The van der Waals surface area contributed by atoms with Gasteiger partial charge in [0.15, 0.2) is 0 Å². The first-order chi connectivity index (χ1) is 12.1. The van der Waals surface area contributed by atoms with E-state index in [0.29, 0.717) is 5.02 Å². The number of nitrogens with zero attached hydrogens (tertiary/aromatic N) is 2. The second-order valence-corrected chi connectivity index (χ2v) is 7.24. The molecule has 0 spiro atoms. The monoisotopic (exact) mass is 377 g/mol. The third-order valence-electron chi connectivity index (χ3n) is 4.33. The smallest absolute Gasteiger partial charge is 0.330 e. The van der Waals surface area contributed by atoms with Gasteiger partial charge in [-0.1, -0.05) is 17.7 Å². The molecule has 0 radical (unpaired) electrons. The highest BCUT2D eigenvalue weighted by atomic mass is 35.5. The largest absolute Gasteiger partial charge is 0.467 e. The first-order valence-electron chi connectivity index (χ1n) is 8.28. The van der Waals surface area contributed by atoms with Crippen LogP contribution in [0.5, 0.6) is 0 Å². The quantitative estimate of drug-likeness (QED) is 0.813. The van der Waals surface area contributed by atoms with Gasteiger partial charge in [-0.05, 0) is 52.3 Å². The number of hydrogen-bond acceptors (Lipinski definition) is 4. The molecule has 0 aliphatic carbocycles. The number of hydrogen-bond donors (Lipinski definition) is 1. The summed E-state index contributed by atoms with van der Waals surface area (Å²) in [5.74, 6) is -0.766. The molecule has 6 nitrogen and oxygen atoms in total. The van der Waals surface area contributed by atoms with Gasteiger partial charge in [-0.25, -0.2) is 9.48 Å². The average molecular weight is 378 g/mol. The molecule has 1 aromatic heterocycles. The van der Waals surface area contributed by atoms with Crippen molar-refractivity contribution < 1.29 is 14.3 Å². The number of halogens is 1. The zero-order valence-electron chi connectivity index (χ0n) is 15.9. The van der Waals surface area contributed by atoms with Crippen molar-refractivity contribution >= 4 is 23.5 Å². The molecule has 0 saturated heterocycles. The van der Waals surface area contributed by atoms with Gasteiger partial charge in [-0.15, -0.1) is 0 Å². The van der Waals surface area contributed by atoms with Crippen LogP contribution in [0.1, 0.15) is 36.4 Å². The Kier molecular flexibility index (Phi) is 5.76. The van der Waals surface area contributed by atoms with Gasteiger partial charge < -0.3 is 10.1 Å². The van der Waals surface area contributed by atoms with Crippen LogP contribution in [0.15, 0.2) is 18.2 Å². The van der Waals surface area contributed by atoms with Crippen molar-refractivity contribution in [3.05, 3.63) is 45.7 Å². The van der Waals surface area contributed by atoms with E-state index in [1.807, 2.05) is 39.0 Å². The molecular formula is C19H24ClN3O3. The van der Waals surface area contributed by atoms with E-state index in [1.165, 1.54) is 7.11 Å². The Morgan fingerprint density at radius 2 is 1.92 bits per heavy atom. The number of benzene rings is 1. The zero-order valence-corrected chi connectivity index (χ0v) is 16.7. The van der Waals surface area contributed by atoms with Crippen LogP contribution in [0.25, 0.3) is 5.69 Å². The SMILES string of the molecule is COC(=O)C(C)(C)NC(=O)Cc1c(C)nn(-c2ccc(C)c(Cl)c2)c1C. The molecule has 0 saturated carbocycles. The van der Waals surface area contributed by atoms with Crippen LogP contribution in [-0.4, -0.2) is 34.3 Å². The third-order valence-corrected chi connectivity index (χ3v) is 4.73. The lowest BCUT2D eigenvalue weighted by Gasteiger charge is -2.23. The number of nitrogens with one attached hydrogen (secondary N) is 1. The molecule has 26 heavy (non-hydrogen) atoms. The number of ether oxygens (including phenoxy) is 1. The Hall–Kier alpha value is -2.34. The van der Waals surface area contributed by atoms with Crippen molar-refractivity contribution in [1.82, 2.24) is 15.1 Å². The van der Waals surface area contributed by atoms with Crippen LogP contribution < -0.4 is 5.32 Å². The predicted molar refractivity (Wildman–Crippen MR) is 101 cm³/mol. The van der Waals surface area contributed by atoms with Crippen molar-refractivity contribution in [1.29, 1.82) is 0 Å². The number of esters is 1. The Morgan fingerprint density at radius 1 is 1.27 bits per heavy atom. The fourth-order valence-corrected chi connectivity index (χ4v) is 2.93. The lowest BCUT2D eigenvalue weighted by molar-refractivity contribution is -0.149. The first-order valence-corrected chi connectivity index (χ1v) is 8.65. The summed E-state index contributed by atoms with van der Waals surface area (Å²) in [5, 5.41) is 7.90. The highest BCUT2D eigenvalue weighted by molar-refractivity contribution is 6.31. The number of rotatable bonds is 5. The van der Waals surface area contributed by atoms with E-state index in [2.05, 4.69) is 10.4 Å². The normalized spacial score (nSPS) is 11.3. The number of amides is 1. The molecule has 7 heteroatoms. The van der Waals surface area contributed by atoms with E-state index in [-0.39, 0.29) is 12.3 Å². The maximum absolute atomic E-state index is 12.4. The van der Waals surface area contributed by atoms with Gasteiger partial charge in [0.25, 0.3) is 0 Å². The summed E-state index contributed by atoms with van der Waals surface area (Å²) in [7, 11) is 1.29. The number of aromatic nitrogens is 2. The molecule has 0 bridgehead atoms. The second-order valence-electron chi connectivity index (χ2n) is 6.84. The van der Waals surface area contributed by atoms with Gasteiger partial charge in [-0.2, -0.15) is 5.10 Å². The summed E-state index contributed by atoms with van der Waals surface area (Å²) >= 11 is 6.21. The van der Waals surface area contributed by atoms with Crippen molar-refractivity contribution in [3.8, 4) is 5.69 Å². The minimum atomic E-state index is -1.09. The second kappa shape index (κ2) is 7.50. The molecule has 0 atom stereocenters. The van der Waals surface area contributed by atoms with Gasteiger partial charge >= 0.3 is 5.97 Å². The number of aryl methyl sites for hydroxylation is 2. The van der Waals surface area contributed by atoms with Gasteiger partial charge in [-0.3, -0.25) is 4.79 Å². The molecule has 0 unspecified atom stereocenters. The lowest BCUT2D eigenvalue weighted by atomic mass is 10.0. The summed E-state index contributed by atoms with van der Waals surface area (Å²) in [4.78, 5) is 24.2. The maximum atomic E-state index is 12.4. The van der Waals surface area contributed by atoms with E-state index < -0.39 is 11.5 Å². The number of carbonyl (C=O) groups excluding carboxylic acids is 2. The highest BCUT2D eigenvalue weighted by Gasteiger charge is 2.31. The van der Waals surface area contributed by atoms with Gasteiger partial charge in [0, 0.05) is 16.3 Å². The maximum Gasteiger partial charge on any atom is 0.330 e. The summed E-state index contributed by atoms with van der Waals surface area (Å²) in [6, 6.07) is 5.71. The molecule has 1 amide bonds. The van der Waals surface area contributed by atoms with Crippen molar-refractivity contribution in [2.24, 2.45) is 0 Å². The zero-order chi connectivity index (χ0) is 19.6. The Morgan fingerprint density at radius 3 is 2.50 bits per heavy atom. The van der Waals surface area contributed by atoms with E-state index in [1.54, 1.807) is 18.5 Å². The fraction of sp³-hybridized carbons (Fsp3) is 0.421. The fourth-order valence-electron chi connectivity index (χ4n) is 2.76. The van der Waals surface area contributed by atoms with Crippen LogP contribution in [-0.2, 0) is 20.7 Å². The summed E-state index contributed by atoms with van der Waals surface area (Å²) in [6.45, 7) is 8.91. The van der Waals surface area contributed by atoms with E-state index in [0.717, 1.165) is 28.2 Å². The Balaban J connectivity index is 2.26. The minimum Gasteiger partial charge on any atom is -0.467 e. The van der Waals surface area contributed by atoms with E-state index in [4.69, 9.17) is 16.3 Å². The number of carbonyl (C=O) groups is 2. The van der Waals surface area contributed by atoms with Crippen molar-refractivity contribution in [2.75, 3.05) is 7.11 Å². The van der Waals surface area contributed by atoms with Gasteiger partial charge in [0.2, 0.25) is 5.91 Å². The van der Waals surface area contributed by atoms with E-state index in [9.17, 15) is 9.59 Å². The molecule has 0 fully saturated rings. The number of methoxy groups -OCH3 is 1. The molecule has 140 valence electrons. The molecule has 2 aromatic rings. The standard InChI is InChI=1S/C19H24ClN3O3/c1-11-7-8-14(9-16(11)20)23-13(3)15(12(2)22-23)10-17(24)21-19(4,5)18(25)26-6/h7-9H,10H2,1-6H3,(H,21,24). The summed E-state index contributed by atoms with van der Waals surface area (Å²) < 4.78 is 6.49. The highest BCUT2D eigenvalue weighted by Crippen LogP contribution is 2.23. The van der Waals surface area contributed by atoms with Crippen molar-refractivity contribution in [3.63, 3.8) is 0 Å². The van der Waals surface area contributed by atoms with E-state index >= 15 is 0 Å². The minimum absolute atomic E-state index is 0.123. The molecule has 1 N–H and O–H groups in total. The Labute approximate surface area is 158 Å². The van der Waals surface area contributed by atoms with Crippen LogP contribution in [0.2, 0.25) is 5.02 Å². The molecule has 2 rings (SSSR count). The topological polar surface area (TPSA) is 73.2 Å². The Bertz CT molecular complexity index is 856. The molecule has 1 heterocycles. The van der Waals surface area contributed by atoms with Crippen LogP contribution in [0, 0.1) is 20.8 Å². The molecule has 0 aliphatic rings. The van der Waals surface area contributed by atoms with Crippen LogP contribution in [0.4, 0.5) is 0 Å². The van der Waals surface area contributed by atoms with Crippen LogP contribution >= 0.6 is 11.6 Å². The molecular weight excluding hydrogens is 354 g/mol. The first kappa shape index (κ1) is 20.0. The lowest BCUT2D eigenvalue weighted by Crippen LogP contribution is -2.50. The van der Waals surface area contributed by atoms with Gasteiger partial charge in [0.1, 0.15) is 5.54 Å².